The van der Waals surface area contributed by atoms with E-state index in [0.717, 1.165) is 18.5 Å². The average molecular weight is 312 g/mol. The van der Waals surface area contributed by atoms with Gasteiger partial charge in [0.25, 0.3) is 0 Å². The highest BCUT2D eigenvalue weighted by molar-refractivity contribution is 5.85. The molecule has 1 aliphatic rings. The molecular weight excluding hydrogens is 290 g/mol. The molecule has 116 valence electrons. The minimum absolute atomic E-state index is 0. The maximum absolute atomic E-state index is 12.0. The maximum atomic E-state index is 12.0. The quantitative estimate of drug-likeness (QED) is 0.477. The molecule has 4 nitrogen and oxygen atoms in total. The van der Waals surface area contributed by atoms with E-state index in [1.165, 1.54) is 0 Å². The van der Waals surface area contributed by atoms with Gasteiger partial charge in [-0.25, -0.2) is 0 Å². The molecule has 5 heteroatoms. The maximum Gasteiger partial charge on any atom is 0.323 e. The molecule has 0 aromatic heterocycles. The Labute approximate surface area is 131 Å². The van der Waals surface area contributed by atoms with Gasteiger partial charge in [-0.2, -0.15) is 0 Å². The van der Waals surface area contributed by atoms with E-state index < -0.39 is 0 Å². The summed E-state index contributed by atoms with van der Waals surface area (Å²) >= 11 is 0. The molecular formula is C16H22ClNO3. The fourth-order valence-electron chi connectivity index (χ4n) is 2.26. The summed E-state index contributed by atoms with van der Waals surface area (Å²) in [5.74, 6) is 0.185. The number of benzene rings is 1. The Kier molecular flexibility index (Phi) is 8.05. The first-order valence-electron chi connectivity index (χ1n) is 6.92. The zero-order valence-electron chi connectivity index (χ0n) is 12.0. The van der Waals surface area contributed by atoms with Crippen LogP contribution in [0.15, 0.2) is 43.0 Å². The highest BCUT2D eigenvalue weighted by atomic mass is 35.5. The number of hydrogen-bond donors (Lipinski definition) is 1. The van der Waals surface area contributed by atoms with E-state index in [9.17, 15) is 4.79 Å². The van der Waals surface area contributed by atoms with Crippen molar-refractivity contribution in [3.63, 3.8) is 0 Å². The Balaban J connectivity index is 0.00000220. The van der Waals surface area contributed by atoms with Gasteiger partial charge in [-0.05, 0) is 17.9 Å². The number of rotatable bonds is 7. The van der Waals surface area contributed by atoms with Crippen molar-refractivity contribution in [3.05, 3.63) is 48.6 Å². The Hall–Kier alpha value is -1.36. The first-order chi connectivity index (χ1) is 9.79. The summed E-state index contributed by atoms with van der Waals surface area (Å²) in [6, 6.07) is 9.49. The van der Waals surface area contributed by atoms with E-state index in [2.05, 4.69) is 11.9 Å². The van der Waals surface area contributed by atoms with Gasteiger partial charge >= 0.3 is 5.97 Å². The van der Waals surface area contributed by atoms with Crippen LogP contribution in [-0.2, 0) is 20.9 Å². The molecule has 2 atom stereocenters. The molecule has 0 spiro atoms. The standard InChI is InChI=1S/C16H21NO3.ClH/c1-2-8-19-11-14-9-15(17-10-14)16(18)20-12-13-6-4-3-5-7-13;/h2-7,14-15,17H,1,8-12H2;1H/t14?,15-;/m0./s1. The van der Waals surface area contributed by atoms with Gasteiger partial charge in [0.2, 0.25) is 0 Å². The summed E-state index contributed by atoms with van der Waals surface area (Å²) < 4.78 is 10.7. The Bertz CT molecular complexity index is 438. The lowest BCUT2D eigenvalue weighted by atomic mass is 10.1. The Morgan fingerprint density at radius 1 is 1.38 bits per heavy atom. The second-order valence-electron chi connectivity index (χ2n) is 4.98. The van der Waals surface area contributed by atoms with Crippen molar-refractivity contribution < 1.29 is 14.3 Å². The first-order valence-corrected chi connectivity index (χ1v) is 6.92. The van der Waals surface area contributed by atoms with Gasteiger partial charge in [0.05, 0.1) is 13.2 Å². The number of hydrogen-bond acceptors (Lipinski definition) is 4. The van der Waals surface area contributed by atoms with Crippen LogP contribution in [0.2, 0.25) is 0 Å². The van der Waals surface area contributed by atoms with Crippen molar-refractivity contribution in [3.8, 4) is 0 Å². The highest BCUT2D eigenvalue weighted by Crippen LogP contribution is 2.16. The van der Waals surface area contributed by atoms with Crippen LogP contribution in [0.4, 0.5) is 0 Å². The second kappa shape index (κ2) is 9.55. The molecule has 1 aromatic rings. The van der Waals surface area contributed by atoms with Crippen LogP contribution in [0.25, 0.3) is 0 Å². The topological polar surface area (TPSA) is 47.6 Å². The lowest BCUT2D eigenvalue weighted by molar-refractivity contribution is -0.147. The van der Waals surface area contributed by atoms with Crippen LogP contribution in [-0.4, -0.2) is 31.8 Å². The fraction of sp³-hybridized carbons (Fsp3) is 0.438. The number of ether oxygens (including phenoxy) is 2. The van der Waals surface area contributed by atoms with Crippen LogP contribution in [0, 0.1) is 5.92 Å². The molecule has 1 saturated heterocycles. The zero-order chi connectivity index (χ0) is 14.2. The van der Waals surface area contributed by atoms with E-state index in [0.29, 0.717) is 25.7 Å². The van der Waals surface area contributed by atoms with E-state index in [1.54, 1.807) is 6.08 Å². The van der Waals surface area contributed by atoms with Gasteiger partial charge in [0.15, 0.2) is 0 Å². The molecule has 1 aliphatic heterocycles. The number of nitrogens with one attached hydrogen (secondary N) is 1. The minimum Gasteiger partial charge on any atom is -0.460 e. The number of carbonyl (C=O) groups excluding carboxylic acids is 1. The van der Waals surface area contributed by atoms with E-state index in [4.69, 9.17) is 9.47 Å². The summed E-state index contributed by atoms with van der Waals surface area (Å²) in [6.07, 6.45) is 2.50. The van der Waals surface area contributed by atoms with Crippen molar-refractivity contribution in [2.45, 2.75) is 19.1 Å². The third-order valence-electron chi connectivity index (χ3n) is 3.32. The molecule has 0 aliphatic carbocycles. The summed E-state index contributed by atoms with van der Waals surface area (Å²) in [4.78, 5) is 12.0. The fourth-order valence-corrected chi connectivity index (χ4v) is 2.26. The van der Waals surface area contributed by atoms with Crippen molar-refractivity contribution >= 4 is 18.4 Å². The van der Waals surface area contributed by atoms with Gasteiger partial charge in [-0.1, -0.05) is 36.4 Å². The molecule has 1 heterocycles. The van der Waals surface area contributed by atoms with E-state index in [-0.39, 0.29) is 24.4 Å². The van der Waals surface area contributed by atoms with Gasteiger partial charge in [-0.15, -0.1) is 19.0 Å². The molecule has 2 rings (SSSR count). The third-order valence-corrected chi connectivity index (χ3v) is 3.32. The molecule has 0 amide bonds. The van der Waals surface area contributed by atoms with Crippen molar-refractivity contribution in [2.24, 2.45) is 5.92 Å². The summed E-state index contributed by atoms with van der Waals surface area (Å²) in [5.41, 5.74) is 1.00. The van der Waals surface area contributed by atoms with Crippen molar-refractivity contribution in [1.82, 2.24) is 5.32 Å². The molecule has 0 radical (unpaired) electrons. The smallest absolute Gasteiger partial charge is 0.323 e. The first kappa shape index (κ1) is 17.7. The Morgan fingerprint density at radius 2 is 2.14 bits per heavy atom. The predicted octanol–water partition coefficient (Wildman–Crippen LogP) is 2.33. The van der Waals surface area contributed by atoms with Crippen LogP contribution in [0.5, 0.6) is 0 Å². The number of esters is 1. The highest BCUT2D eigenvalue weighted by Gasteiger charge is 2.30. The van der Waals surface area contributed by atoms with Gasteiger partial charge in [0.1, 0.15) is 12.6 Å². The lowest BCUT2D eigenvalue weighted by Gasteiger charge is -2.11. The minimum atomic E-state index is -0.212. The van der Waals surface area contributed by atoms with Gasteiger partial charge < -0.3 is 14.8 Å². The van der Waals surface area contributed by atoms with Crippen LogP contribution < -0.4 is 5.32 Å². The Morgan fingerprint density at radius 3 is 2.86 bits per heavy atom. The molecule has 1 aromatic carbocycles. The normalized spacial score (nSPS) is 20.6. The molecule has 1 unspecified atom stereocenters. The molecule has 21 heavy (non-hydrogen) atoms. The van der Waals surface area contributed by atoms with Crippen molar-refractivity contribution in [1.29, 1.82) is 0 Å². The zero-order valence-corrected chi connectivity index (χ0v) is 12.8. The SMILES string of the molecule is C=CCOCC1CN[C@H](C(=O)OCc2ccccc2)C1.Cl. The van der Waals surface area contributed by atoms with Crippen LogP contribution in [0.1, 0.15) is 12.0 Å². The summed E-state index contributed by atoms with van der Waals surface area (Å²) in [6.45, 7) is 5.94. The largest absolute Gasteiger partial charge is 0.460 e. The van der Waals surface area contributed by atoms with E-state index >= 15 is 0 Å². The third kappa shape index (κ3) is 5.87. The number of halogens is 1. The van der Waals surface area contributed by atoms with Gasteiger partial charge in [-0.3, -0.25) is 4.79 Å². The van der Waals surface area contributed by atoms with Gasteiger partial charge in [0, 0.05) is 6.54 Å². The molecule has 1 fully saturated rings. The van der Waals surface area contributed by atoms with Crippen LogP contribution in [0.3, 0.4) is 0 Å². The van der Waals surface area contributed by atoms with E-state index in [1.807, 2.05) is 30.3 Å². The monoisotopic (exact) mass is 311 g/mol. The summed E-state index contributed by atoms with van der Waals surface area (Å²) in [5, 5.41) is 3.19. The number of carbonyl (C=O) groups is 1. The molecule has 1 N–H and O–H groups in total. The average Bonchev–Trinajstić information content (AvgIpc) is 2.95. The molecule has 0 saturated carbocycles. The molecule has 0 bridgehead atoms. The summed E-state index contributed by atoms with van der Waals surface area (Å²) in [7, 11) is 0. The lowest BCUT2D eigenvalue weighted by Crippen LogP contribution is -2.32. The second-order valence-corrected chi connectivity index (χ2v) is 4.98. The van der Waals surface area contributed by atoms with Crippen LogP contribution >= 0.6 is 12.4 Å². The predicted molar refractivity (Wildman–Crippen MR) is 84.4 cm³/mol. The van der Waals surface area contributed by atoms with Crippen molar-refractivity contribution in [2.75, 3.05) is 19.8 Å².